The van der Waals surface area contributed by atoms with Gasteiger partial charge in [0.15, 0.2) is 0 Å². The zero-order valence-corrected chi connectivity index (χ0v) is 15.2. The summed E-state index contributed by atoms with van der Waals surface area (Å²) >= 11 is 1.45. The SMILES string of the molecule is O=C(Nc1nnc(CCc2ccccc2)s1)N1CCc2ccccc2C1. The van der Waals surface area contributed by atoms with Crippen LogP contribution in [0.2, 0.25) is 0 Å². The molecule has 1 N–H and O–H groups in total. The maximum Gasteiger partial charge on any atom is 0.324 e. The largest absolute Gasteiger partial charge is 0.324 e. The van der Waals surface area contributed by atoms with Crippen molar-refractivity contribution in [1.29, 1.82) is 0 Å². The molecule has 0 spiro atoms. The first kappa shape index (κ1) is 16.7. The average molecular weight is 364 g/mol. The van der Waals surface area contributed by atoms with Gasteiger partial charge in [0.1, 0.15) is 5.01 Å². The summed E-state index contributed by atoms with van der Waals surface area (Å²) in [5, 5.41) is 12.7. The number of hydrogen-bond donors (Lipinski definition) is 1. The lowest BCUT2D eigenvalue weighted by atomic mass is 10.0. The first-order chi connectivity index (χ1) is 12.8. The van der Waals surface area contributed by atoms with Crippen molar-refractivity contribution in [1.82, 2.24) is 15.1 Å². The highest BCUT2D eigenvalue weighted by Crippen LogP contribution is 2.21. The summed E-state index contributed by atoms with van der Waals surface area (Å²) in [7, 11) is 0. The zero-order chi connectivity index (χ0) is 17.8. The molecule has 6 heteroatoms. The van der Waals surface area contributed by atoms with Crippen molar-refractivity contribution in [3.8, 4) is 0 Å². The van der Waals surface area contributed by atoms with E-state index in [1.54, 1.807) is 0 Å². The van der Waals surface area contributed by atoms with Gasteiger partial charge >= 0.3 is 6.03 Å². The van der Waals surface area contributed by atoms with E-state index in [0.717, 1.165) is 30.8 Å². The molecule has 5 nitrogen and oxygen atoms in total. The molecule has 1 aliphatic rings. The zero-order valence-electron chi connectivity index (χ0n) is 14.4. The van der Waals surface area contributed by atoms with Crippen LogP contribution in [0, 0.1) is 0 Å². The van der Waals surface area contributed by atoms with Crippen molar-refractivity contribution < 1.29 is 4.79 Å². The number of carbonyl (C=O) groups is 1. The van der Waals surface area contributed by atoms with Crippen LogP contribution >= 0.6 is 11.3 Å². The summed E-state index contributed by atoms with van der Waals surface area (Å²) in [5.41, 5.74) is 3.82. The van der Waals surface area contributed by atoms with Crippen LogP contribution in [-0.4, -0.2) is 27.7 Å². The molecule has 0 unspecified atom stereocenters. The first-order valence-electron chi connectivity index (χ1n) is 8.77. The van der Waals surface area contributed by atoms with Crippen LogP contribution in [-0.2, 0) is 25.8 Å². The van der Waals surface area contributed by atoms with E-state index in [2.05, 4.69) is 39.8 Å². The van der Waals surface area contributed by atoms with E-state index >= 15 is 0 Å². The predicted molar refractivity (Wildman–Crippen MR) is 103 cm³/mol. The molecular weight excluding hydrogens is 344 g/mol. The number of nitrogens with one attached hydrogen (secondary N) is 1. The second-order valence-electron chi connectivity index (χ2n) is 6.36. The van der Waals surface area contributed by atoms with Gasteiger partial charge in [-0.2, -0.15) is 0 Å². The van der Waals surface area contributed by atoms with Crippen molar-refractivity contribution in [2.45, 2.75) is 25.8 Å². The molecule has 0 bridgehead atoms. The minimum absolute atomic E-state index is 0.106. The number of hydrogen-bond acceptors (Lipinski definition) is 4. The predicted octanol–water partition coefficient (Wildman–Crippen LogP) is 3.91. The number of nitrogens with zero attached hydrogens (tertiary/aromatic N) is 3. The van der Waals surface area contributed by atoms with E-state index in [1.165, 1.54) is 28.0 Å². The van der Waals surface area contributed by atoms with Crippen molar-refractivity contribution >= 4 is 22.5 Å². The number of anilines is 1. The quantitative estimate of drug-likeness (QED) is 0.763. The molecule has 0 saturated carbocycles. The number of amides is 2. The third-order valence-electron chi connectivity index (χ3n) is 4.57. The molecule has 1 aromatic heterocycles. The Labute approximate surface area is 156 Å². The van der Waals surface area contributed by atoms with E-state index in [-0.39, 0.29) is 6.03 Å². The Balaban J connectivity index is 1.33. The maximum atomic E-state index is 12.5. The fourth-order valence-corrected chi connectivity index (χ4v) is 3.87. The lowest BCUT2D eigenvalue weighted by Gasteiger charge is -2.28. The maximum absolute atomic E-state index is 12.5. The summed E-state index contributed by atoms with van der Waals surface area (Å²) in [4.78, 5) is 14.3. The van der Waals surface area contributed by atoms with E-state index < -0.39 is 0 Å². The van der Waals surface area contributed by atoms with Gasteiger partial charge < -0.3 is 4.90 Å². The second-order valence-corrected chi connectivity index (χ2v) is 7.42. The molecule has 0 fully saturated rings. The Morgan fingerprint density at radius 3 is 2.62 bits per heavy atom. The van der Waals surface area contributed by atoms with Gasteiger partial charge in [-0.05, 0) is 29.5 Å². The van der Waals surface area contributed by atoms with Gasteiger partial charge in [0, 0.05) is 19.5 Å². The molecule has 0 saturated heterocycles. The van der Waals surface area contributed by atoms with Gasteiger partial charge in [-0.3, -0.25) is 5.32 Å². The van der Waals surface area contributed by atoms with Crippen LogP contribution in [0.4, 0.5) is 9.93 Å². The van der Waals surface area contributed by atoms with Crippen LogP contribution in [0.3, 0.4) is 0 Å². The second kappa shape index (κ2) is 7.66. The molecule has 0 radical (unpaired) electrons. The Hall–Kier alpha value is -2.73. The molecule has 132 valence electrons. The van der Waals surface area contributed by atoms with Crippen LogP contribution in [0.15, 0.2) is 54.6 Å². The van der Waals surface area contributed by atoms with E-state index in [4.69, 9.17) is 0 Å². The van der Waals surface area contributed by atoms with Crippen molar-refractivity contribution in [2.75, 3.05) is 11.9 Å². The Bertz CT molecular complexity index is 894. The molecule has 2 aromatic carbocycles. The molecule has 2 heterocycles. The number of fused-ring (bicyclic) bond motifs is 1. The Morgan fingerprint density at radius 1 is 1.00 bits per heavy atom. The third kappa shape index (κ3) is 3.91. The summed E-state index contributed by atoms with van der Waals surface area (Å²) in [5.74, 6) is 0. The van der Waals surface area contributed by atoms with Crippen LogP contribution in [0.1, 0.15) is 21.7 Å². The number of benzene rings is 2. The number of aromatic nitrogens is 2. The normalized spacial score (nSPS) is 13.3. The molecule has 26 heavy (non-hydrogen) atoms. The monoisotopic (exact) mass is 364 g/mol. The van der Waals surface area contributed by atoms with Gasteiger partial charge in [-0.15, -0.1) is 10.2 Å². The standard InChI is InChI=1S/C20H20N4OS/c25-20(24-13-12-16-8-4-5-9-17(16)14-24)21-19-23-22-18(26-19)11-10-15-6-2-1-3-7-15/h1-9H,10-14H2,(H,21,23,25). The van der Waals surface area contributed by atoms with Crippen LogP contribution in [0.5, 0.6) is 0 Å². The minimum Gasteiger partial charge on any atom is -0.320 e. The average Bonchev–Trinajstić information content (AvgIpc) is 3.14. The fraction of sp³-hybridized carbons (Fsp3) is 0.250. The summed E-state index contributed by atoms with van der Waals surface area (Å²) in [6.45, 7) is 1.37. The number of rotatable bonds is 4. The van der Waals surface area contributed by atoms with E-state index in [9.17, 15) is 4.79 Å². The third-order valence-corrected chi connectivity index (χ3v) is 5.47. The highest BCUT2D eigenvalue weighted by Gasteiger charge is 2.21. The first-order valence-corrected chi connectivity index (χ1v) is 9.58. The van der Waals surface area contributed by atoms with E-state index in [0.29, 0.717) is 11.7 Å². The number of carbonyl (C=O) groups excluding carboxylic acids is 1. The molecular formula is C20H20N4OS. The molecule has 2 amide bonds. The van der Waals surface area contributed by atoms with Gasteiger partial charge in [0.2, 0.25) is 5.13 Å². The topological polar surface area (TPSA) is 58.1 Å². The highest BCUT2D eigenvalue weighted by molar-refractivity contribution is 7.15. The lowest BCUT2D eigenvalue weighted by Crippen LogP contribution is -2.38. The number of urea groups is 1. The van der Waals surface area contributed by atoms with Crippen LogP contribution < -0.4 is 5.32 Å². The summed E-state index contributed by atoms with van der Waals surface area (Å²) in [6, 6.07) is 18.5. The van der Waals surface area contributed by atoms with Crippen LogP contribution in [0.25, 0.3) is 0 Å². The van der Waals surface area contributed by atoms with Gasteiger partial charge in [-0.25, -0.2) is 4.79 Å². The van der Waals surface area contributed by atoms with Crippen molar-refractivity contribution in [3.05, 3.63) is 76.3 Å². The molecule has 0 aliphatic carbocycles. The smallest absolute Gasteiger partial charge is 0.320 e. The van der Waals surface area contributed by atoms with Crippen molar-refractivity contribution in [3.63, 3.8) is 0 Å². The summed E-state index contributed by atoms with van der Waals surface area (Å²) in [6.07, 6.45) is 2.64. The lowest BCUT2D eigenvalue weighted by molar-refractivity contribution is 0.206. The van der Waals surface area contributed by atoms with Gasteiger partial charge in [0.25, 0.3) is 0 Å². The Kier molecular flexibility index (Phi) is 4.93. The highest BCUT2D eigenvalue weighted by atomic mass is 32.1. The molecule has 4 rings (SSSR count). The molecule has 0 atom stereocenters. The Morgan fingerprint density at radius 2 is 1.77 bits per heavy atom. The van der Waals surface area contributed by atoms with Gasteiger partial charge in [-0.1, -0.05) is 65.9 Å². The van der Waals surface area contributed by atoms with Gasteiger partial charge in [0.05, 0.1) is 0 Å². The molecule has 1 aliphatic heterocycles. The minimum atomic E-state index is -0.106. The fourth-order valence-electron chi connectivity index (χ4n) is 3.14. The van der Waals surface area contributed by atoms with Crippen molar-refractivity contribution in [2.24, 2.45) is 0 Å². The molecule has 3 aromatic rings. The number of aryl methyl sites for hydroxylation is 2. The summed E-state index contributed by atoms with van der Waals surface area (Å²) < 4.78 is 0. The van der Waals surface area contributed by atoms with E-state index in [1.807, 2.05) is 35.2 Å².